The molecule has 1 fully saturated rings. The van der Waals surface area contributed by atoms with E-state index in [1.807, 2.05) is 12.3 Å². The fourth-order valence-corrected chi connectivity index (χ4v) is 2.66. The van der Waals surface area contributed by atoms with Gasteiger partial charge in [-0.1, -0.05) is 0 Å². The van der Waals surface area contributed by atoms with Gasteiger partial charge in [-0.2, -0.15) is 4.98 Å². The second-order valence-corrected chi connectivity index (χ2v) is 5.27. The Balaban J connectivity index is 1.80. The van der Waals surface area contributed by atoms with Crippen LogP contribution in [0.5, 0.6) is 0 Å². The summed E-state index contributed by atoms with van der Waals surface area (Å²) in [4.78, 5) is 11.4. The lowest BCUT2D eigenvalue weighted by atomic mass is 9.94. The summed E-state index contributed by atoms with van der Waals surface area (Å²) in [5.74, 6) is 0.726. The standard InChI is InChI=1S/C13H17ClN4O2/c1-19-13(3-6-20-7-4-13)8-16-11-9-2-5-15-10(9)17-12(14)18-11/h2,5H,3-4,6-8H2,1H3,(H2,15,16,17,18). The van der Waals surface area contributed by atoms with E-state index >= 15 is 0 Å². The van der Waals surface area contributed by atoms with Crippen molar-refractivity contribution in [3.05, 3.63) is 17.5 Å². The first-order valence-corrected chi connectivity index (χ1v) is 6.98. The lowest BCUT2D eigenvalue weighted by Gasteiger charge is -2.36. The van der Waals surface area contributed by atoms with Crippen molar-refractivity contribution in [2.24, 2.45) is 0 Å². The van der Waals surface area contributed by atoms with Gasteiger partial charge in [0.15, 0.2) is 0 Å². The average Bonchev–Trinajstić information content (AvgIpc) is 2.94. The molecule has 0 aromatic carbocycles. The number of rotatable bonds is 4. The van der Waals surface area contributed by atoms with E-state index in [0.717, 1.165) is 42.9 Å². The van der Waals surface area contributed by atoms with E-state index in [2.05, 4.69) is 20.3 Å². The molecule has 3 rings (SSSR count). The van der Waals surface area contributed by atoms with Gasteiger partial charge in [0.05, 0.1) is 11.0 Å². The highest BCUT2D eigenvalue weighted by Crippen LogP contribution is 2.27. The maximum atomic E-state index is 5.94. The van der Waals surface area contributed by atoms with E-state index in [0.29, 0.717) is 6.54 Å². The quantitative estimate of drug-likeness (QED) is 0.847. The van der Waals surface area contributed by atoms with Crippen LogP contribution in [0.2, 0.25) is 5.28 Å². The SMILES string of the molecule is COC1(CNc2nc(Cl)nc3[nH]ccc23)CCOCC1. The van der Waals surface area contributed by atoms with Crippen LogP contribution in [0.4, 0.5) is 5.82 Å². The van der Waals surface area contributed by atoms with Gasteiger partial charge >= 0.3 is 0 Å². The maximum absolute atomic E-state index is 5.94. The second-order valence-electron chi connectivity index (χ2n) is 4.93. The minimum Gasteiger partial charge on any atom is -0.381 e. The predicted molar refractivity (Wildman–Crippen MR) is 77.2 cm³/mol. The number of aromatic nitrogens is 3. The van der Waals surface area contributed by atoms with Gasteiger partial charge in [0.2, 0.25) is 5.28 Å². The van der Waals surface area contributed by atoms with E-state index in [-0.39, 0.29) is 10.9 Å². The van der Waals surface area contributed by atoms with Gasteiger partial charge in [-0.15, -0.1) is 0 Å². The molecule has 6 nitrogen and oxygen atoms in total. The Kier molecular flexibility index (Phi) is 3.78. The van der Waals surface area contributed by atoms with Gasteiger partial charge < -0.3 is 19.8 Å². The van der Waals surface area contributed by atoms with Crippen molar-refractivity contribution in [2.45, 2.75) is 18.4 Å². The molecule has 1 aliphatic rings. The van der Waals surface area contributed by atoms with Crippen LogP contribution in [0, 0.1) is 0 Å². The molecule has 1 saturated heterocycles. The van der Waals surface area contributed by atoms with E-state index < -0.39 is 0 Å². The molecule has 7 heteroatoms. The highest BCUT2D eigenvalue weighted by Gasteiger charge is 2.32. The molecule has 2 aromatic heterocycles. The Morgan fingerprint density at radius 2 is 2.25 bits per heavy atom. The van der Waals surface area contributed by atoms with E-state index in [1.54, 1.807) is 7.11 Å². The van der Waals surface area contributed by atoms with Gasteiger partial charge in [0.25, 0.3) is 0 Å². The molecule has 0 aliphatic carbocycles. The first-order chi connectivity index (χ1) is 9.72. The molecule has 0 radical (unpaired) electrons. The van der Waals surface area contributed by atoms with Crippen molar-refractivity contribution in [1.82, 2.24) is 15.0 Å². The number of H-pyrrole nitrogens is 1. The van der Waals surface area contributed by atoms with Gasteiger partial charge in [0, 0.05) is 45.9 Å². The smallest absolute Gasteiger partial charge is 0.226 e. The third kappa shape index (κ3) is 2.59. The molecular weight excluding hydrogens is 280 g/mol. The molecule has 2 aromatic rings. The second kappa shape index (κ2) is 5.55. The fourth-order valence-electron chi connectivity index (χ4n) is 2.49. The highest BCUT2D eigenvalue weighted by atomic mass is 35.5. The lowest BCUT2D eigenvalue weighted by Crippen LogP contribution is -2.44. The van der Waals surface area contributed by atoms with Crippen molar-refractivity contribution < 1.29 is 9.47 Å². The zero-order valence-corrected chi connectivity index (χ0v) is 12.0. The number of nitrogens with one attached hydrogen (secondary N) is 2. The summed E-state index contributed by atoms with van der Waals surface area (Å²) < 4.78 is 11.1. The van der Waals surface area contributed by atoms with Crippen molar-refractivity contribution in [1.29, 1.82) is 0 Å². The van der Waals surface area contributed by atoms with Crippen molar-refractivity contribution in [3.8, 4) is 0 Å². The van der Waals surface area contributed by atoms with Crippen LogP contribution < -0.4 is 5.32 Å². The van der Waals surface area contributed by atoms with Crippen LogP contribution >= 0.6 is 11.6 Å². The number of fused-ring (bicyclic) bond motifs is 1. The molecule has 0 atom stereocenters. The van der Waals surface area contributed by atoms with Gasteiger partial charge in [0.1, 0.15) is 11.5 Å². The number of hydrogen-bond donors (Lipinski definition) is 2. The monoisotopic (exact) mass is 296 g/mol. The van der Waals surface area contributed by atoms with E-state index in [4.69, 9.17) is 21.1 Å². The zero-order valence-electron chi connectivity index (χ0n) is 11.3. The summed E-state index contributed by atoms with van der Waals surface area (Å²) in [6.07, 6.45) is 3.55. The van der Waals surface area contributed by atoms with Gasteiger partial charge in [-0.05, 0) is 17.7 Å². The van der Waals surface area contributed by atoms with Crippen molar-refractivity contribution >= 4 is 28.5 Å². The fraction of sp³-hybridized carbons (Fsp3) is 0.538. The van der Waals surface area contributed by atoms with Crippen LogP contribution in [-0.4, -0.2) is 47.4 Å². The molecule has 108 valence electrons. The topological polar surface area (TPSA) is 72.1 Å². The predicted octanol–water partition coefficient (Wildman–Crippen LogP) is 2.22. The summed E-state index contributed by atoms with van der Waals surface area (Å²) in [6.45, 7) is 2.11. The number of nitrogens with zero attached hydrogens (tertiary/aromatic N) is 2. The van der Waals surface area contributed by atoms with Crippen LogP contribution in [0.15, 0.2) is 12.3 Å². The molecule has 0 saturated carbocycles. The molecule has 0 unspecified atom stereocenters. The summed E-state index contributed by atoms with van der Waals surface area (Å²) in [5.41, 5.74) is 0.518. The van der Waals surface area contributed by atoms with Crippen molar-refractivity contribution in [3.63, 3.8) is 0 Å². The van der Waals surface area contributed by atoms with Crippen molar-refractivity contribution in [2.75, 3.05) is 32.2 Å². The molecule has 20 heavy (non-hydrogen) atoms. The van der Waals surface area contributed by atoms with E-state index in [9.17, 15) is 0 Å². The average molecular weight is 297 g/mol. The largest absolute Gasteiger partial charge is 0.381 e. The van der Waals surface area contributed by atoms with Gasteiger partial charge in [-0.3, -0.25) is 0 Å². The highest BCUT2D eigenvalue weighted by molar-refractivity contribution is 6.28. The Morgan fingerprint density at radius 3 is 3.00 bits per heavy atom. The summed E-state index contributed by atoms with van der Waals surface area (Å²) in [6, 6.07) is 1.93. The van der Waals surface area contributed by atoms with Crippen LogP contribution in [0.3, 0.4) is 0 Å². The Morgan fingerprint density at radius 1 is 1.45 bits per heavy atom. The molecule has 0 bridgehead atoms. The molecular formula is C13H17ClN4O2. The molecule has 0 amide bonds. The minimum absolute atomic E-state index is 0.210. The van der Waals surface area contributed by atoms with Crippen LogP contribution in [-0.2, 0) is 9.47 Å². The van der Waals surface area contributed by atoms with E-state index in [1.165, 1.54) is 0 Å². The first-order valence-electron chi connectivity index (χ1n) is 6.60. The Hall–Kier alpha value is -1.37. The number of methoxy groups -OCH3 is 1. The molecule has 2 N–H and O–H groups in total. The normalized spacial score (nSPS) is 18.3. The number of ether oxygens (including phenoxy) is 2. The lowest BCUT2D eigenvalue weighted by molar-refractivity contribution is -0.0807. The summed E-state index contributed by atoms with van der Waals surface area (Å²) in [5, 5.41) is 4.49. The first kappa shape index (κ1) is 13.6. The van der Waals surface area contributed by atoms with Crippen LogP contribution in [0.1, 0.15) is 12.8 Å². The Labute approximate surface area is 121 Å². The zero-order chi connectivity index (χ0) is 14.0. The maximum Gasteiger partial charge on any atom is 0.226 e. The molecule has 0 spiro atoms. The van der Waals surface area contributed by atoms with Crippen LogP contribution in [0.25, 0.3) is 11.0 Å². The molecule has 3 heterocycles. The summed E-state index contributed by atoms with van der Waals surface area (Å²) in [7, 11) is 1.74. The third-order valence-electron chi connectivity index (χ3n) is 3.80. The number of hydrogen-bond acceptors (Lipinski definition) is 5. The number of anilines is 1. The number of aromatic amines is 1. The third-order valence-corrected chi connectivity index (χ3v) is 3.97. The number of halogens is 1. The van der Waals surface area contributed by atoms with Gasteiger partial charge in [-0.25, -0.2) is 4.98 Å². The minimum atomic E-state index is -0.210. The molecule has 1 aliphatic heterocycles. The summed E-state index contributed by atoms with van der Waals surface area (Å²) >= 11 is 5.94. The Bertz CT molecular complexity index is 595.